The Bertz CT molecular complexity index is 824. The van der Waals surface area contributed by atoms with Crippen molar-refractivity contribution in [3.8, 4) is 0 Å². The lowest BCUT2D eigenvalue weighted by atomic mass is 10.4. The normalized spacial score (nSPS) is 12.3. The molecule has 0 saturated heterocycles. The summed E-state index contributed by atoms with van der Waals surface area (Å²) in [6.07, 6.45) is 6.30. The fourth-order valence-electron chi connectivity index (χ4n) is 1.76. The van der Waals surface area contributed by atoms with E-state index in [-0.39, 0.29) is 5.03 Å². The lowest BCUT2D eigenvalue weighted by molar-refractivity contribution is 0.593. The van der Waals surface area contributed by atoms with E-state index in [1.54, 1.807) is 29.1 Å². The van der Waals surface area contributed by atoms with Crippen LogP contribution < -0.4 is 5.14 Å². The summed E-state index contributed by atoms with van der Waals surface area (Å²) in [5.74, 6) is 0. The molecule has 0 saturated carbocycles. The van der Waals surface area contributed by atoms with E-state index < -0.39 is 10.0 Å². The lowest BCUT2D eigenvalue weighted by Gasteiger charge is -2.00. The highest BCUT2D eigenvalue weighted by atomic mass is 32.2. The van der Waals surface area contributed by atoms with Gasteiger partial charge in [-0.05, 0) is 6.07 Å². The van der Waals surface area contributed by atoms with Crippen molar-refractivity contribution in [3.63, 3.8) is 0 Å². The number of fused-ring (bicyclic) bond motifs is 3. The first kappa shape index (κ1) is 10.1. The summed E-state index contributed by atoms with van der Waals surface area (Å²) in [5, 5.41) is 12.8. The van der Waals surface area contributed by atoms with E-state index >= 15 is 0 Å². The maximum atomic E-state index is 11.4. The van der Waals surface area contributed by atoms with Gasteiger partial charge in [-0.25, -0.2) is 13.6 Å². The van der Waals surface area contributed by atoms with Gasteiger partial charge in [0.25, 0.3) is 10.0 Å². The molecule has 0 fully saturated rings. The molecule has 0 bridgehead atoms. The molecular weight excluding hydrogens is 242 g/mol. The highest BCUT2D eigenvalue weighted by Gasteiger charge is 2.18. The van der Waals surface area contributed by atoms with E-state index in [4.69, 9.17) is 5.14 Å². The smallest absolute Gasteiger partial charge is 0.259 e. The first-order valence-corrected chi connectivity index (χ1v) is 6.21. The standard InChI is InChI=1S/C9H7N5O2S/c10-17(15,16)9-8-6(4-12-13-9)3-7-5-11-1-2-14(7)8/h1-5H,(H2,10,15,16). The molecule has 0 unspecified atom stereocenters. The van der Waals surface area contributed by atoms with Crippen molar-refractivity contribution in [2.45, 2.75) is 5.03 Å². The summed E-state index contributed by atoms with van der Waals surface area (Å²) in [5.41, 5.74) is 1.17. The average Bonchev–Trinajstić information content (AvgIpc) is 2.65. The van der Waals surface area contributed by atoms with Crippen molar-refractivity contribution in [1.29, 1.82) is 0 Å². The minimum Gasteiger partial charge on any atom is -0.311 e. The van der Waals surface area contributed by atoms with Crippen LogP contribution in [-0.4, -0.2) is 28.0 Å². The van der Waals surface area contributed by atoms with Crippen LogP contribution >= 0.6 is 0 Å². The molecule has 0 aliphatic heterocycles. The van der Waals surface area contributed by atoms with Crippen LogP contribution in [-0.2, 0) is 10.0 Å². The second-order valence-electron chi connectivity index (χ2n) is 3.51. The van der Waals surface area contributed by atoms with Crippen LogP contribution in [0.2, 0.25) is 0 Å². The van der Waals surface area contributed by atoms with Crippen molar-refractivity contribution in [2.75, 3.05) is 0 Å². The Kier molecular flexibility index (Phi) is 1.91. The molecule has 17 heavy (non-hydrogen) atoms. The van der Waals surface area contributed by atoms with Gasteiger partial charge < -0.3 is 4.40 Å². The molecular formula is C9H7N5O2S. The van der Waals surface area contributed by atoms with E-state index in [9.17, 15) is 8.42 Å². The number of rotatable bonds is 1. The van der Waals surface area contributed by atoms with Gasteiger partial charge in [0.05, 0.1) is 23.4 Å². The topological polar surface area (TPSA) is 103 Å². The highest BCUT2D eigenvalue weighted by molar-refractivity contribution is 7.89. The molecule has 86 valence electrons. The number of nitrogens with two attached hydrogens (primary N) is 1. The second kappa shape index (κ2) is 3.22. The van der Waals surface area contributed by atoms with Gasteiger partial charge in [-0.1, -0.05) is 0 Å². The summed E-state index contributed by atoms with van der Waals surface area (Å²) in [6, 6.07) is 1.77. The van der Waals surface area contributed by atoms with E-state index in [0.29, 0.717) is 10.9 Å². The molecule has 8 heteroatoms. The van der Waals surface area contributed by atoms with E-state index in [1.165, 1.54) is 6.20 Å². The monoisotopic (exact) mass is 249 g/mol. The van der Waals surface area contributed by atoms with Crippen molar-refractivity contribution >= 4 is 26.4 Å². The fourth-order valence-corrected chi connectivity index (χ4v) is 2.40. The number of sulfonamides is 1. The van der Waals surface area contributed by atoms with E-state index in [1.807, 2.05) is 0 Å². The number of aromatic nitrogens is 4. The molecule has 0 spiro atoms. The Morgan fingerprint density at radius 3 is 2.88 bits per heavy atom. The molecule has 0 amide bonds. The largest absolute Gasteiger partial charge is 0.311 e. The lowest BCUT2D eigenvalue weighted by Crippen LogP contribution is -2.15. The predicted octanol–water partition coefficient (Wildman–Crippen LogP) is -0.0751. The predicted molar refractivity (Wildman–Crippen MR) is 59.7 cm³/mol. The molecule has 0 aliphatic carbocycles. The molecule has 3 aromatic rings. The van der Waals surface area contributed by atoms with Gasteiger partial charge in [0.15, 0.2) is 0 Å². The van der Waals surface area contributed by atoms with Crippen LogP contribution in [0.4, 0.5) is 0 Å². The molecule has 0 radical (unpaired) electrons. The molecule has 7 nitrogen and oxygen atoms in total. The van der Waals surface area contributed by atoms with E-state index in [2.05, 4.69) is 15.2 Å². The Balaban J connectivity index is 2.61. The SMILES string of the molecule is NS(=O)(=O)c1nncc2cc3cnccn3c12. The van der Waals surface area contributed by atoms with Crippen LogP contribution in [0.25, 0.3) is 16.4 Å². The van der Waals surface area contributed by atoms with Crippen LogP contribution in [0.1, 0.15) is 0 Å². The van der Waals surface area contributed by atoms with Gasteiger partial charge in [-0.15, -0.1) is 5.10 Å². The molecule has 0 atom stereocenters. The summed E-state index contributed by atoms with van der Waals surface area (Å²) in [4.78, 5) is 3.96. The first-order valence-electron chi connectivity index (χ1n) is 4.66. The summed E-state index contributed by atoms with van der Waals surface area (Å²) in [7, 11) is -3.91. The molecule has 3 rings (SSSR count). The van der Waals surface area contributed by atoms with Crippen molar-refractivity contribution in [1.82, 2.24) is 19.6 Å². The first-order chi connectivity index (χ1) is 8.07. The molecule has 3 heterocycles. The number of primary sulfonamides is 1. The van der Waals surface area contributed by atoms with Gasteiger partial charge >= 0.3 is 0 Å². The number of hydrogen-bond donors (Lipinski definition) is 1. The second-order valence-corrected chi connectivity index (χ2v) is 4.99. The zero-order chi connectivity index (χ0) is 12.0. The zero-order valence-corrected chi connectivity index (χ0v) is 9.29. The van der Waals surface area contributed by atoms with Crippen molar-refractivity contribution in [2.24, 2.45) is 5.14 Å². The highest BCUT2D eigenvalue weighted by Crippen LogP contribution is 2.22. The Hall–Kier alpha value is -2.06. The van der Waals surface area contributed by atoms with Gasteiger partial charge in [0, 0.05) is 17.8 Å². The minimum atomic E-state index is -3.91. The van der Waals surface area contributed by atoms with Gasteiger partial charge in [-0.2, -0.15) is 5.10 Å². The maximum Gasteiger partial charge on any atom is 0.259 e. The summed E-state index contributed by atoms with van der Waals surface area (Å²) < 4.78 is 24.5. The van der Waals surface area contributed by atoms with Crippen LogP contribution in [0.5, 0.6) is 0 Å². The number of nitrogens with zero attached hydrogens (tertiary/aromatic N) is 4. The van der Waals surface area contributed by atoms with E-state index in [0.717, 1.165) is 5.52 Å². The molecule has 3 aromatic heterocycles. The third kappa shape index (κ3) is 1.46. The Morgan fingerprint density at radius 2 is 2.12 bits per heavy atom. The summed E-state index contributed by atoms with van der Waals surface area (Å²) in [6.45, 7) is 0. The quantitative estimate of drug-likeness (QED) is 0.650. The average molecular weight is 249 g/mol. The zero-order valence-electron chi connectivity index (χ0n) is 8.48. The van der Waals surface area contributed by atoms with Gasteiger partial charge in [-0.3, -0.25) is 4.98 Å². The van der Waals surface area contributed by atoms with Gasteiger partial charge in [0.1, 0.15) is 0 Å². The molecule has 2 N–H and O–H groups in total. The Labute approximate surface area is 96.0 Å². The van der Waals surface area contributed by atoms with Crippen molar-refractivity contribution in [3.05, 3.63) is 30.9 Å². The summed E-state index contributed by atoms with van der Waals surface area (Å²) >= 11 is 0. The minimum absolute atomic E-state index is 0.235. The van der Waals surface area contributed by atoms with Gasteiger partial charge in [0.2, 0.25) is 5.03 Å². The van der Waals surface area contributed by atoms with Crippen LogP contribution in [0.15, 0.2) is 35.9 Å². The van der Waals surface area contributed by atoms with Crippen LogP contribution in [0, 0.1) is 0 Å². The third-order valence-corrected chi connectivity index (χ3v) is 3.24. The number of hydrogen-bond acceptors (Lipinski definition) is 5. The maximum absolute atomic E-state index is 11.4. The third-order valence-electron chi connectivity index (χ3n) is 2.42. The Morgan fingerprint density at radius 1 is 1.29 bits per heavy atom. The molecule has 0 aliphatic rings. The fraction of sp³-hybridized carbons (Fsp3) is 0. The van der Waals surface area contributed by atoms with Crippen LogP contribution in [0.3, 0.4) is 0 Å². The van der Waals surface area contributed by atoms with Crippen molar-refractivity contribution < 1.29 is 8.42 Å². The molecule has 0 aromatic carbocycles.